The van der Waals surface area contributed by atoms with Crippen molar-refractivity contribution in [1.82, 2.24) is 20.2 Å². The fourth-order valence-electron chi connectivity index (χ4n) is 4.11. The molecule has 3 heterocycles. The number of rotatable bonds is 9. The first-order chi connectivity index (χ1) is 17.5. The highest BCUT2D eigenvalue weighted by molar-refractivity contribution is 7.99. The molecule has 1 aliphatic heterocycles. The van der Waals surface area contributed by atoms with Crippen molar-refractivity contribution in [3.05, 3.63) is 42.1 Å². The maximum absolute atomic E-state index is 15.0. The lowest BCUT2D eigenvalue weighted by molar-refractivity contribution is -0.142. The highest BCUT2D eigenvalue weighted by Crippen LogP contribution is 2.48. The Kier molecular flexibility index (Phi) is 6.73. The SMILES string of the molecule is Cc1cc(Nc2cc(N3CC(F)(C4CC4)C3)nc(Sc3ccc(NC(=O)CCC(F)(F)F)cc3)n2)[nH]n1. The quantitative estimate of drug-likeness (QED) is 0.242. The Labute approximate surface area is 214 Å². The average Bonchev–Trinajstić information content (AvgIpc) is 3.59. The number of aromatic nitrogens is 4. The molecule has 3 aromatic rings. The monoisotopic (exact) mass is 535 g/mol. The predicted molar refractivity (Wildman–Crippen MR) is 132 cm³/mol. The van der Waals surface area contributed by atoms with Crippen LogP contribution in [0.2, 0.25) is 0 Å². The fourth-order valence-corrected chi connectivity index (χ4v) is 4.87. The van der Waals surface area contributed by atoms with Gasteiger partial charge < -0.3 is 15.5 Å². The van der Waals surface area contributed by atoms with Crippen LogP contribution in [0.15, 0.2) is 46.5 Å². The van der Waals surface area contributed by atoms with Gasteiger partial charge in [-0.1, -0.05) is 0 Å². The highest BCUT2D eigenvalue weighted by Gasteiger charge is 2.54. The van der Waals surface area contributed by atoms with Gasteiger partial charge in [0.25, 0.3) is 0 Å². The number of aromatic amines is 1. The Morgan fingerprint density at radius 3 is 2.54 bits per heavy atom. The van der Waals surface area contributed by atoms with E-state index in [1.807, 2.05) is 17.9 Å². The Bertz CT molecular complexity index is 1270. The second kappa shape index (κ2) is 9.84. The molecule has 0 atom stereocenters. The zero-order valence-electron chi connectivity index (χ0n) is 19.9. The molecule has 196 valence electrons. The number of nitrogens with zero attached hydrogens (tertiary/aromatic N) is 4. The van der Waals surface area contributed by atoms with E-state index >= 15 is 0 Å². The number of hydrogen-bond donors (Lipinski definition) is 3. The van der Waals surface area contributed by atoms with E-state index in [2.05, 4.69) is 30.8 Å². The summed E-state index contributed by atoms with van der Waals surface area (Å²) in [5, 5.41) is 13.0. The van der Waals surface area contributed by atoms with E-state index in [0.29, 0.717) is 41.4 Å². The van der Waals surface area contributed by atoms with E-state index in [1.165, 1.54) is 11.8 Å². The minimum atomic E-state index is -4.38. The molecule has 2 fully saturated rings. The van der Waals surface area contributed by atoms with Crippen molar-refractivity contribution in [2.45, 2.75) is 54.5 Å². The number of carbonyl (C=O) groups is 1. The van der Waals surface area contributed by atoms with E-state index in [1.54, 1.807) is 30.3 Å². The van der Waals surface area contributed by atoms with E-state index in [4.69, 9.17) is 0 Å². The van der Waals surface area contributed by atoms with Crippen LogP contribution in [-0.4, -0.2) is 51.0 Å². The van der Waals surface area contributed by atoms with E-state index in [0.717, 1.165) is 23.4 Å². The van der Waals surface area contributed by atoms with Crippen LogP contribution in [0.3, 0.4) is 0 Å². The molecule has 1 amide bonds. The van der Waals surface area contributed by atoms with Gasteiger partial charge in [-0.2, -0.15) is 18.3 Å². The molecule has 0 bridgehead atoms. The molecular formula is C24H25F4N7OS. The molecule has 5 rings (SSSR count). The fraction of sp³-hybridized carbons (Fsp3) is 0.417. The summed E-state index contributed by atoms with van der Waals surface area (Å²) in [7, 11) is 0. The summed E-state index contributed by atoms with van der Waals surface area (Å²) in [6.07, 6.45) is -4.32. The standard InChI is InChI=1S/C24H25F4N7OS/c1-14-10-19(34-33-14)30-18-11-20(35-12-23(25,13-35)15-2-3-15)32-22(31-18)37-17-6-4-16(5-7-17)29-21(36)8-9-24(26,27)28/h4-7,10-11,15H,2-3,8-9,12-13H2,1H3,(H,29,36)(H2,30,31,32,33,34). The number of benzene rings is 1. The third kappa shape index (κ3) is 6.51. The van der Waals surface area contributed by atoms with Gasteiger partial charge in [0, 0.05) is 29.1 Å². The number of nitrogens with one attached hydrogen (secondary N) is 3. The molecule has 1 aromatic carbocycles. The molecule has 2 aliphatic rings. The third-order valence-corrected chi connectivity index (χ3v) is 7.06. The number of alkyl halides is 4. The van der Waals surface area contributed by atoms with Gasteiger partial charge in [0.05, 0.1) is 25.2 Å². The topological polar surface area (TPSA) is 98.8 Å². The van der Waals surface area contributed by atoms with Gasteiger partial charge >= 0.3 is 6.18 Å². The minimum Gasteiger partial charge on any atom is -0.350 e. The van der Waals surface area contributed by atoms with Crippen LogP contribution in [0.4, 0.5) is 40.7 Å². The van der Waals surface area contributed by atoms with Crippen molar-refractivity contribution in [1.29, 1.82) is 0 Å². The predicted octanol–water partition coefficient (Wildman–Crippen LogP) is 5.62. The molecule has 3 N–H and O–H groups in total. The van der Waals surface area contributed by atoms with E-state index < -0.39 is 30.6 Å². The maximum Gasteiger partial charge on any atom is 0.389 e. The van der Waals surface area contributed by atoms with Crippen LogP contribution in [0.25, 0.3) is 0 Å². The summed E-state index contributed by atoms with van der Waals surface area (Å²) in [5.41, 5.74) is 0.0432. The summed E-state index contributed by atoms with van der Waals surface area (Å²) in [4.78, 5) is 23.6. The van der Waals surface area contributed by atoms with Gasteiger partial charge in [-0.25, -0.2) is 14.4 Å². The molecule has 8 nitrogen and oxygen atoms in total. The van der Waals surface area contributed by atoms with E-state index in [9.17, 15) is 22.4 Å². The van der Waals surface area contributed by atoms with Gasteiger partial charge in [-0.3, -0.25) is 9.89 Å². The van der Waals surface area contributed by atoms with Crippen molar-refractivity contribution in [3.63, 3.8) is 0 Å². The number of halogens is 4. The Balaban J connectivity index is 1.28. The second-order valence-corrected chi connectivity index (χ2v) is 10.4. The number of hydrogen-bond acceptors (Lipinski definition) is 7. The van der Waals surface area contributed by atoms with Crippen LogP contribution in [-0.2, 0) is 4.79 Å². The van der Waals surface area contributed by atoms with Gasteiger partial charge in [0.15, 0.2) is 5.16 Å². The van der Waals surface area contributed by atoms with Crippen LogP contribution in [0, 0.1) is 12.8 Å². The van der Waals surface area contributed by atoms with Gasteiger partial charge in [0.2, 0.25) is 5.91 Å². The molecular weight excluding hydrogens is 510 g/mol. The molecule has 0 unspecified atom stereocenters. The number of amides is 1. The third-order valence-electron chi connectivity index (χ3n) is 6.18. The first kappa shape index (κ1) is 25.3. The summed E-state index contributed by atoms with van der Waals surface area (Å²) in [6.45, 7) is 2.45. The van der Waals surface area contributed by atoms with Crippen molar-refractivity contribution in [3.8, 4) is 0 Å². The molecule has 1 aliphatic carbocycles. The lowest BCUT2D eigenvalue weighted by atomic mass is 9.91. The van der Waals surface area contributed by atoms with Crippen LogP contribution >= 0.6 is 11.8 Å². The Hall–Kier alpha value is -3.35. The summed E-state index contributed by atoms with van der Waals surface area (Å²) in [5.74, 6) is 1.22. The molecule has 0 spiro atoms. The van der Waals surface area contributed by atoms with Crippen LogP contribution < -0.4 is 15.5 Å². The number of anilines is 4. The molecule has 1 saturated heterocycles. The maximum atomic E-state index is 15.0. The summed E-state index contributed by atoms with van der Waals surface area (Å²) < 4.78 is 51.9. The van der Waals surface area contributed by atoms with Gasteiger partial charge in [-0.15, -0.1) is 0 Å². The lowest BCUT2D eigenvalue weighted by Gasteiger charge is -2.45. The smallest absolute Gasteiger partial charge is 0.350 e. The number of H-pyrrole nitrogens is 1. The number of aryl methyl sites for hydroxylation is 1. The zero-order valence-corrected chi connectivity index (χ0v) is 20.7. The van der Waals surface area contributed by atoms with E-state index in [-0.39, 0.29) is 5.92 Å². The molecule has 1 saturated carbocycles. The van der Waals surface area contributed by atoms with Gasteiger partial charge in [-0.05, 0) is 61.7 Å². The number of carbonyl (C=O) groups excluding carboxylic acids is 1. The van der Waals surface area contributed by atoms with Crippen molar-refractivity contribution in [2.24, 2.45) is 5.92 Å². The highest BCUT2D eigenvalue weighted by atomic mass is 32.2. The normalized spacial score (nSPS) is 16.8. The molecule has 2 aromatic heterocycles. The molecule has 0 radical (unpaired) electrons. The van der Waals surface area contributed by atoms with Gasteiger partial charge in [0.1, 0.15) is 23.1 Å². The summed E-state index contributed by atoms with van der Waals surface area (Å²) in [6, 6.07) is 10.2. The summed E-state index contributed by atoms with van der Waals surface area (Å²) >= 11 is 1.27. The first-order valence-corrected chi connectivity index (χ1v) is 12.6. The van der Waals surface area contributed by atoms with Crippen LogP contribution in [0.5, 0.6) is 0 Å². The first-order valence-electron chi connectivity index (χ1n) is 11.8. The van der Waals surface area contributed by atoms with Crippen LogP contribution in [0.1, 0.15) is 31.4 Å². The lowest BCUT2D eigenvalue weighted by Crippen LogP contribution is -2.60. The minimum absolute atomic E-state index is 0.137. The molecule has 13 heteroatoms. The Morgan fingerprint density at radius 2 is 1.92 bits per heavy atom. The van der Waals surface area contributed by atoms with Crippen molar-refractivity contribution in [2.75, 3.05) is 28.6 Å². The Morgan fingerprint density at radius 1 is 1.19 bits per heavy atom. The zero-order chi connectivity index (χ0) is 26.2. The largest absolute Gasteiger partial charge is 0.389 e. The molecule has 37 heavy (non-hydrogen) atoms. The second-order valence-electron chi connectivity index (χ2n) is 9.40. The van der Waals surface area contributed by atoms with Crippen molar-refractivity contribution >= 4 is 40.8 Å². The van der Waals surface area contributed by atoms with Crippen molar-refractivity contribution < 1.29 is 22.4 Å². The average molecular weight is 536 g/mol.